The van der Waals surface area contributed by atoms with Gasteiger partial charge in [-0.05, 0) is 29.5 Å². The van der Waals surface area contributed by atoms with Gasteiger partial charge in [0.2, 0.25) is 0 Å². The molecule has 2 aromatic rings. The molecule has 1 heterocycles. The Hall–Kier alpha value is -3.19. The topological polar surface area (TPSA) is 76.0 Å². The molecule has 1 aliphatic heterocycles. The first-order valence-electron chi connectivity index (χ1n) is 8.10. The quantitative estimate of drug-likeness (QED) is 0.602. The molecule has 0 bridgehead atoms. The number of benzene rings is 2. The first-order chi connectivity index (χ1) is 13.1. The minimum Gasteiger partial charge on any atom is -0.466 e. The van der Waals surface area contributed by atoms with E-state index in [4.69, 9.17) is 0 Å². The fourth-order valence-corrected chi connectivity index (χ4v) is 3.33. The molecule has 2 amide bonds. The first kappa shape index (κ1) is 18.6. The lowest BCUT2D eigenvalue weighted by Gasteiger charge is -2.15. The van der Waals surface area contributed by atoms with Crippen molar-refractivity contribution >= 4 is 34.7 Å². The van der Waals surface area contributed by atoms with Crippen LogP contribution < -0.4 is 0 Å². The number of carbonyl (C=O) groups is 3. The van der Waals surface area contributed by atoms with E-state index in [-0.39, 0.29) is 16.6 Å². The third-order valence-corrected chi connectivity index (χ3v) is 4.75. The molecule has 3 rings (SSSR count). The highest BCUT2D eigenvalue weighted by atomic mass is 32.2. The molecule has 0 radical (unpaired) electrons. The van der Waals surface area contributed by atoms with Crippen molar-refractivity contribution in [1.82, 2.24) is 4.90 Å². The van der Waals surface area contributed by atoms with E-state index in [1.54, 1.807) is 30.3 Å². The van der Waals surface area contributed by atoms with Crippen molar-refractivity contribution in [3.8, 4) is 0 Å². The summed E-state index contributed by atoms with van der Waals surface area (Å²) in [5.74, 6) is -1.49. The Bertz CT molecular complexity index is 924. The summed E-state index contributed by atoms with van der Waals surface area (Å²) in [4.78, 5) is 42.4. The lowest BCUT2D eigenvalue weighted by atomic mass is 10.2. The van der Waals surface area contributed by atoms with Gasteiger partial charge in [0.25, 0.3) is 11.8 Å². The summed E-state index contributed by atoms with van der Waals surface area (Å²) in [6.07, 6.45) is 1.11. The van der Waals surface area contributed by atoms with Crippen molar-refractivity contribution in [1.29, 1.82) is 0 Å². The van der Waals surface area contributed by atoms with E-state index in [1.165, 1.54) is 12.0 Å². The second-order valence-electron chi connectivity index (χ2n) is 5.58. The minimum atomic E-state index is -0.638. The van der Waals surface area contributed by atoms with Crippen molar-refractivity contribution in [2.75, 3.05) is 7.11 Å². The largest absolute Gasteiger partial charge is 0.466 e. The van der Waals surface area contributed by atoms with Gasteiger partial charge in [-0.3, -0.25) is 14.5 Å². The summed E-state index contributed by atoms with van der Waals surface area (Å²) in [6.45, 7) is 0.242. The Morgan fingerprint density at radius 3 is 2.33 bits per heavy atom. The molecule has 2 aromatic carbocycles. The van der Waals surface area contributed by atoms with E-state index in [1.807, 2.05) is 30.3 Å². The van der Waals surface area contributed by atoms with Crippen LogP contribution in [0, 0.1) is 0 Å². The number of esters is 1. The van der Waals surface area contributed by atoms with E-state index in [2.05, 4.69) is 9.73 Å². The Labute approximate surface area is 160 Å². The highest BCUT2D eigenvalue weighted by Crippen LogP contribution is 2.32. The van der Waals surface area contributed by atoms with Crippen LogP contribution in [0.5, 0.6) is 0 Å². The Kier molecular flexibility index (Phi) is 5.83. The molecule has 0 aliphatic carbocycles. The van der Waals surface area contributed by atoms with Gasteiger partial charge >= 0.3 is 5.97 Å². The molecule has 7 heteroatoms. The Balaban J connectivity index is 1.93. The van der Waals surface area contributed by atoms with Crippen LogP contribution in [0.4, 0.5) is 0 Å². The van der Waals surface area contributed by atoms with Crippen molar-refractivity contribution in [2.24, 2.45) is 4.99 Å². The maximum absolute atomic E-state index is 12.7. The van der Waals surface area contributed by atoms with E-state index in [9.17, 15) is 14.4 Å². The fraction of sp³-hybridized carbons (Fsp3) is 0.100. The Morgan fingerprint density at radius 2 is 1.70 bits per heavy atom. The van der Waals surface area contributed by atoms with Crippen molar-refractivity contribution < 1.29 is 19.1 Å². The van der Waals surface area contributed by atoms with Gasteiger partial charge in [-0.15, -0.1) is 0 Å². The normalized spacial score (nSPS) is 16.8. The molecule has 1 aliphatic rings. The van der Waals surface area contributed by atoms with Crippen molar-refractivity contribution in [3.63, 3.8) is 0 Å². The van der Waals surface area contributed by atoms with Gasteiger partial charge in [0.15, 0.2) is 5.17 Å². The average molecular weight is 380 g/mol. The summed E-state index contributed by atoms with van der Waals surface area (Å²) in [5.41, 5.74) is 1.30. The summed E-state index contributed by atoms with van der Waals surface area (Å²) in [5, 5.41) is 0.229. The van der Waals surface area contributed by atoms with Gasteiger partial charge in [-0.25, -0.2) is 4.79 Å². The van der Waals surface area contributed by atoms with Gasteiger partial charge in [-0.2, -0.15) is 4.99 Å². The smallest absolute Gasteiger partial charge is 0.331 e. The van der Waals surface area contributed by atoms with Crippen LogP contribution >= 0.6 is 11.8 Å². The number of aliphatic imine (C=N–C) groups is 1. The Morgan fingerprint density at radius 1 is 1.07 bits per heavy atom. The van der Waals surface area contributed by atoms with Crippen LogP contribution in [0.25, 0.3) is 0 Å². The maximum atomic E-state index is 12.7. The molecule has 0 N–H and O–H groups in total. The monoisotopic (exact) mass is 380 g/mol. The van der Waals surface area contributed by atoms with Gasteiger partial charge in [0, 0.05) is 11.6 Å². The molecule has 27 heavy (non-hydrogen) atoms. The van der Waals surface area contributed by atoms with Crippen LogP contribution in [0.2, 0.25) is 0 Å². The molecule has 0 aromatic heterocycles. The third-order valence-electron chi connectivity index (χ3n) is 3.74. The fourth-order valence-electron chi connectivity index (χ4n) is 2.39. The molecule has 1 fully saturated rings. The van der Waals surface area contributed by atoms with E-state index in [0.29, 0.717) is 5.56 Å². The van der Waals surface area contributed by atoms with Crippen molar-refractivity contribution in [3.05, 3.63) is 82.8 Å². The van der Waals surface area contributed by atoms with Crippen LogP contribution in [0.3, 0.4) is 0 Å². The van der Waals surface area contributed by atoms with Crippen LogP contribution in [0.1, 0.15) is 15.9 Å². The van der Waals surface area contributed by atoms with Crippen LogP contribution in [0.15, 0.2) is 76.6 Å². The number of nitrogens with zero attached hydrogens (tertiary/aromatic N) is 2. The number of hydrogen-bond donors (Lipinski definition) is 0. The number of ether oxygens (including phenoxy) is 1. The zero-order valence-electron chi connectivity index (χ0n) is 14.5. The van der Waals surface area contributed by atoms with E-state index >= 15 is 0 Å². The highest BCUT2D eigenvalue weighted by molar-refractivity contribution is 8.18. The number of carbonyl (C=O) groups excluding carboxylic acids is 3. The van der Waals surface area contributed by atoms with Crippen molar-refractivity contribution in [2.45, 2.75) is 6.54 Å². The predicted octanol–water partition coefficient (Wildman–Crippen LogP) is 3.02. The van der Waals surface area contributed by atoms with E-state index in [0.717, 1.165) is 23.4 Å². The molecule has 0 atom stereocenters. The molecular weight excluding hydrogens is 364 g/mol. The second-order valence-corrected chi connectivity index (χ2v) is 6.59. The standard InChI is InChI=1S/C20H16N2O4S/c1-26-17(23)12-16-19(25)22(13-14-8-4-2-5-9-14)20(27-16)21-18(24)15-10-6-3-7-11-15/h2-12H,13H2,1H3/b16-12-,21-20?. The lowest BCUT2D eigenvalue weighted by molar-refractivity contribution is -0.135. The van der Waals surface area contributed by atoms with Crippen LogP contribution in [-0.2, 0) is 20.9 Å². The van der Waals surface area contributed by atoms with Crippen LogP contribution in [-0.4, -0.2) is 35.0 Å². The summed E-state index contributed by atoms with van der Waals surface area (Å²) < 4.78 is 4.59. The number of methoxy groups -OCH3 is 1. The van der Waals surface area contributed by atoms with Gasteiger partial charge < -0.3 is 4.74 Å². The summed E-state index contributed by atoms with van der Waals surface area (Å²) in [6, 6.07) is 17.9. The SMILES string of the molecule is COC(=O)/C=C1\SC(=NC(=O)c2ccccc2)N(Cc2ccccc2)C1=O. The molecular formula is C20H16N2O4S. The number of amidine groups is 1. The number of thioether (sulfide) groups is 1. The lowest BCUT2D eigenvalue weighted by Crippen LogP contribution is -2.29. The molecule has 0 saturated carbocycles. The third kappa shape index (κ3) is 4.51. The molecule has 1 saturated heterocycles. The zero-order valence-corrected chi connectivity index (χ0v) is 15.3. The predicted molar refractivity (Wildman–Crippen MR) is 103 cm³/mol. The number of amides is 2. The second kappa shape index (κ2) is 8.46. The first-order valence-corrected chi connectivity index (χ1v) is 8.91. The van der Waals surface area contributed by atoms with E-state index < -0.39 is 17.8 Å². The summed E-state index contributed by atoms with van der Waals surface area (Å²) in [7, 11) is 1.24. The molecule has 6 nitrogen and oxygen atoms in total. The van der Waals surface area contributed by atoms with Gasteiger partial charge in [-0.1, -0.05) is 48.5 Å². The average Bonchev–Trinajstić information content (AvgIpc) is 2.98. The highest BCUT2D eigenvalue weighted by Gasteiger charge is 2.34. The molecule has 0 spiro atoms. The molecule has 0 unspecified atom stereocenters. The minimum absolute atomic E-state index is 0.164. The number of rotatable bonds is 4. The maximum Gasteiger partial charge on any atom is 0.331 e. The van der Waals surface area contributed by atoms with Gasteiger partial charge in [0.1, 0.15) is 0 Å². The molecule has 136 valence electrons. The number of hydrogen-bond acceptors (Lipinski definition) is 5. The zero-order chi connectivity index (χ0) is 19.2. The van der Waals surface area contributed by atoms with Gasteiger partial charge in [0.05, 0.1) is 18.6 Å². The summed E-state index contributed by atoms with van der Waals surface area (Å²) >= 11 is 0.979.